The molecule has 1 N–H and O–H groups in total. The predicted octanol–water partition coefficient (Wildman–Crippen LogP) is 2.88. The first-order chi connectivity index (χ1) is 13.2. The minimum atomic E-state index is -0.584. The molecular formula is C22H28N2O3. The molecule has 1 aromatic heterocycles. The normalized spacial score (nSPS) is 34.3. The summed E-state index contributed by atoms with van der Waals surface area (Å²) >= 11 is 0. The Morgan fingerprint density at radius 3 is 3.00 bits per heavy atom. The molecule has 0 amide bonds. The maximum Gasteiger partial charge on any atom is 0.319 e. The summed E-state index contributed by atoms with van der Waals surface area (Å²) in [7, 11) is 3.31. The largest absolute Gasteiger partial charge is 0.468 e. The number of H-pyrrole nitrogens is 1. The molecule has 0 spiro atoms. The number of fused-ring (bicyclic) bond motifs is 4. The van der Waals surface area contributed by atoms with E-state index in [1.165, 1.54) is 17.4 Å². The fraction of sp³-hybridized carbons (Fsp3) is 0.591. The Kier molecular flexibility index (Phi) is 4.06. The molecule has 3 aliphatic heterocycles. The van der Waals surface area contributed by atoms with Crippen LogP contribution in [0.4, 0.5) is 0 Å². The number of ether oxygens (including phenoxy) is 2. The second-order valence-electron chi connectivity index (χ2n) is 8.52. The molecule has 27 heavy (non-hydrogen) atoms. The van der Waals surface area contributed by atoms with Crippen molar-refractivity contribution < 1.29 is 14.3 Å². The van der Waals surface area contributed by atoms with Crippen LogP contribution >= 0.6 is 0 Å². The molecule has 5 nitrogen and oxygen atoms in total. The van der Waals surface area contributed by atoms with E-state index in [0.29, 0.717) is 11.8 Å². The predicted molar refractivity (Wildman–Crippen MR) is 104 cm³/mol. The third kappa shape index (κ3) is 2.34. The summed E-state index contributed by atoms with van der Waals surface area (Å²) in [5.74, 6) is 0.932. The van der Waals surface area contributed by atoms with E-state index < -0.39 is 5.41 Å². The quantitative estimate of drug-likeness (QED) is 0.843. The van der Waals surface area contributed by atoms with Crippen LogP contribution < -0.4 is 0 Å². The van der Waals surface area contributed by atoms with Gasteiger partial charge in [0.15, 0.2) is 0 Å². The van der Waals surface area contributed by atoms with Crippen LogP contribution in [0, 0.1) is 11.8 Å². The number of nitrogens with one attached hydrogen (secondary N) is 1. The van der Waals surface area contributed by atoms with Crippen LogP contribution in [0.15, 0.2) is 24.3 Å². The van der Waals surface area contributed by atoms with Crippen LogP contribution in [-0.4, -0.2) is 55.8 Å². The van der Waals surface area contributed by atoms with Crippen molar-refractivity contribution in [2.75, 3.05) is 33.9 Å². The van der Waals surface area contributed by atoms with Gasteiger partial charge < -0.3 is 14.5 Å². The maximum atomic E-state index is 13.4. The zero-order chi connectivity index (χ0) is 18.6. The van der Waals surface area contributed by atoms with Crippen molar-refractivity contribution in [2.24, 2.45) is 11.8 Å². The number of nitrogens with zero attached hydrogens (tertiary/aromatic N) is 1. The average Bonchev–Trinajstić information content (AvgIpc) is 3.04. The molecule has 3 fully saturated rings. The molecular weight excluding hydrogens is 340 g/mol. The van der Waals surface area contributed by atoms with E-state index in [2.05, 4.69) is 34.1 Å². The van der Waals surface area contributed by atoms with Crippen LogP contribution in [0.3, 0.4) is 0 Å². The highest BCUT2D eigenvalue weighted by Gasteiger charge is 2.62. The van der Waals surface area contributed by atoms with Crippen molar-refractivity contribution in [2.45, 2.75) is 37.1 Å². The highest BCUT2D eigenvalue weighted by molar-refractivity contribution is 5.91. The van der Waals surface area contributed by atoms with Gasteiger partial charge in [-0.1, -0.05) is 18.2 Å². The summed E-state index contributed by atoms with van der Waals surface area (Å²) in [6.45, 7) is 2.87. The Labute approximate surface area is 160 Å². The lowest BCUT2D eigenvalue weighted by Gasteiger charge is -2.58. The van der Waals surface area contributed by atoms with E-state index in [0.717, 1.165) is 50.2 Å². The Hall–Kier alpha value is -1.85. The molecule has 1 aliphatic carbocycles. The first-order valence-electron chi connectivity index (χ1n) is 10.1. The summed E-state index contributed by atoms with van der Waals surface area (Å²) in [5.41, 5.74) is 2.99. The Bertz CT molecular complexity index is 876. The number of hydrogen-bond acceptors (Lipinski definition) is 4. The Morgan fingerprint density at radius 1 is 1.33 bits per heavy atom. The van der Waals surface area contributed by atoms with Gasteiger partial charge in [0, 0.05) is 49.4 Å². The number of piperidine rings is 2. The fourth-order valence-electron chi connectivity index (χ4n) is 6.42. The second kappa shape index (κ2) is 6.35. The number of methoxy groups -OCH3 is 2. The minimum absolute atomic E-state index is 0.0703. The summed E-state index contributed by atoms with van der Waals surface area (Å²) < 4.78 is 10.9. The van der Waals surface area contributed by atoms with Gasteiger partial charge in [0.1, 0.15) is 5.41 Å². The number of rotatable bonds is 4. The molecule has 2 saturated heterocycles. The summed E-state index contributed by atoms with van der Waals surface area (Å²) in [6.07, 6.45) is 4.07. The molecule has 6 rings (SSSR count). The SMILES string of the molecule is COCC[C@H]1CC2CN3CCc4c([nH]c5ccccc45)[C@](C(=O)OC)(C2)[C@H]13. The number of carbonyl (C=O) groups excluding carboxylic acids is 1. The van der Waals surface area contributed by atoms with E-state index in [1.807, 2.05) is 0 Å². The zero-order valence-corrected chi connectivity index (χ0v) is 16.2. The lowest BCUT2D eigenvalue weighted by atomic mass is 9.56. The molecule has 1 saturated carbocycles. The van der Waals surface area contributed by atoms with Crippen molar-refractivity contribution in [3.63, 3.8) is 0 Å². The Morgan fingerprint density at radius 2 is 2.19 bits per heavy atom. The smallest absolute Gasteiger partial charge is 0.319 e. The summed E-state index contributed by atoms with van der Waals surface area (Å²) in [6, 6.07) is 8.65. The summed E-state index contributed by atoms with van der Waals surface area (Å²) in [4.78, 5) is 19.7. The molecule has 5 heteroatoms. The molecule has 1 aromatic carbocycles. The van der Waals surface area contributed by atoms with Gasteiger partial charge in [-0.2, -0.15) is 0 Å². The number of para-hydroxylation sites is 1. The number of aromatic nitrogens is 1. The van der Waals surface area contributed by atoms with Gasteiger partial charge in [-0.05, 0) is 49.1 Å². The molecule has 4 bridgehead atoms. The molecule has 2 unspecified atom stereocenters. The third-order valence-corrected chi connectivity index (χ3v) is 7.24. The van der Waals surface area contributed by atoms with Crippen LogP contribution in [0.1, 0.15) is 30.5 Å². The number of carbonyl (C=O) groups is 1. The average molecular weight is 368 g/mol. The monoisotopic (exact) mass is 368 g/mol. The lowest BCUT2D eigenvalue weighted by molar-refractivity contribution is -0.162. The fourth-order valence-corrected chi connectivity index (χ4v) is 6.42. The van der Waals surface area contributed by atoms with Crippen LogP contribution in [0.2, 0.25) is 0 Å². The number of esters is 1. The minimum Gasteiger partial charge on any atom is -0.468 e. The van der Waals surface area contributed by atoms with E-state index in [4.69, 9.17) is 9.47 Å². The van der Waals surface area contributed by atoms with E-state index >= 15 is 0 Å². The van der Waals surface area contributed by atoms with Gasteiger partial charge in [0.2, 0.25) is 0 Å². The Balaban J connectivity index is 1.72. The molecule has 4 aliphatic rings. The van der Waals surface area contributed by atoms with E-state index in [9.17, 15) is 4.79 Å². The van der Waals surface area contributed by atoms with Crippen LogP contribution in [0.25, 0.3) is 10.9 Å². The van der Waals surface area contributed by atoms with Gasteiger partial charge in [-0.25, -0.2) is 0 Å². The zero-order valence-electron chi connectivity index (χ0n) is 16.2. The van der Waals surface area contributed by atoms with E-state index in [1.54, 1.807) is 14.2 Å². The molecule has 5 atom stereocenters. The number of aromatic amines is 1. The van der Waals surface area contributed by atoms with Gasteiger partial charge in [0.25, 0.3) is 0 Å². The van der Waals surface area contributed by atoms with Crippen molar-refractivity contribution in [3.8, 4) is 0 Å². The first-order valence-corrected chi connectivity index (χ1v) is 10.1. The topological polar surface area (TPSA) is 54.6 Å². The van der Waals surface area contributed by atoms with Crippen LogP contribution in [-0.2, 0) is 26.1 Å². The van der Waals surface area contributed by atoms with Gasteiger partial charge in [-0.15, -0.1) is 0 Å². The second-order valence-corrected chi connectivity index (χ2v) is 8.52. The number of benzene rings is 1. The van der Waals surface area contributed by atoms with Gasteiger partial charge in [0.05, 0.1) is 7.11 Å². The van der Waals surface area contributed by atoms with Crippen molar-refractivity contribution >= 4 is 16.9 Å². The summed E-state index contributed by atoms with van der Waals surface area (Å²) in [5, 5.41) is 1.26. The van der Waals surface area contributed by atoms with Crippen LogP contribution in [0.5, 0.6) is 0 Å². The van der Waals surface area contributed by atoms with Crippen molar-refractivity contribution in [1.29, 1.82) is 0 Å². The standard InChI is InChI=1S/C22H28N2O3/c1-26-10-8-15-11-14-12-22(21(25)27-2)19-17(7-9-24(13-14)20(15)22)16-5-3-4-6-18(16)23-19/h3-6,14-15,20,23H,7-13H2,1-2H3/t14?,15-,20-,22+/m0/s1. The van der Waals surface area contributed by atoms with E-state index in [-0.39, 0.29) is 12.0 Å². The maximum absolute atomic E-state index is 13.4. The van der Waals surface area contributed by atoms with Gasteiger partial charge in [-0.3, -0.25) is 9.69 Å². The molecule has 0 radical (unpaired) electrons. The number of hydrogen-bond donors (Lipinski definition) is 1. The highest BCUT2D eigenvalue weighted by Crippen LogP contribution is 2.55. The lowest BCUT2D eigenvalue weighted by Crippen LogP contribution is -2.67. The van der Waals surface area contributed by atoms with Crippen molar-refractivity contribution in [1.82, 2.24) is 9.88 Å². The first kappa shape index (κ1) is 17.3. The molecule has 2 aromatic rings. The van der Waals surface area contributed by atoms with Crippen molar-refractivity contribution in [3.05, 3.63) is 35.5 Å². The van der Waals surface area contributed by atoms with Gasteiger partial charge >= 0.3 is 5.97 Å². The third-order valence-electron chi connectivity index (χ3n) is 7.24. The molecule has 144 valence electrons. The molecule has 4 heterocycles. The highest BCUT2D eigenvalue weighted by atomic mass is 16.5.